The van der Waals surface area contributed by atoms with Crippen LogP contribution < -0.4 is 4.74 Å². The van der Waals surface area contributed by atoms with Gasteiger partial charge in [-0.2, -0.15) is 0 Å². The highest BCUT2D eigenvalue weighted by atomic mass is 16.5. The van der Waals surface area contributed by atoms with Gasteiger partial charge in [0.05, 0.1) is 6.61 Å². The lowest BCUT2D eigenvalue weighted by Crippen LogP contribution is -2.04. The van der Waals surface area contributed by atoms with E-state index in [9.17, 15) is 9.59 Å². The van der Waals surface area contributed by atoms with Crippen LogP contribution in [0.4, 0.5) is 0 Å². The van der Waals surface area contributed by atoms with Gasteiger partial charge >= 0.3 is 11.9 Å². The summed E-state index contributed by atoms with van der Waals surface area (Å²) >= 11 is 0. The molecule has 0 bridgehead atoms. The molecule has 5 nitrogen and oxygen atoms in total. The zero-order chi connectivity index (χ0) is 24.2. The van der Waals surface area contributed by atoms with Crippen molar-refractivity contribution >= 4 is 11.9 Å². The number of carboxylic acids is 2. The minimum Gasteiger partial charge on any atom is -0.493 e. The Balaban J connectivity index is 2.53. The van der Waals surface area contributed by atoms with Crippen LogP contribution >= 0.6 is 0 Å². The van der Waals surface area contributed by atoms with Crippen LogP contribution in [0.5, 0.6) is 5.75 Å². The van der Waals surface area contributed by atoms with Crippen LogP contribution in [-0.4, -0.2) is 28.8 Å². The van der Waals surface area contributed by atoms with Crippen LogP contribution in [0.25, 0.3) is 0 Å². The molecule has 1 rings (SSSR count). The van der Waals surface area contributed by atoms with Gasteiger partial charge < -0.3 is 14.9 Å². The van der Waals surface area contributed by atoms with Crippen LogP contribution in [0.2, 0.25) is 0 Å². The Hall–Kier alpha value is -2.04. The summed E-state index contributed by atoms with van der Waals surface area (Å²) in [6.07, 6.45) is 17.5. The first kappa shape index (κ1) is 29.0. The van der Waals surface area contributed by atoms with Crippen LogP contribution in [0.15, 0.2) is 18.2 Å². The number of ether oxygens (including phenoxy) is 1. The second kappa shape index (κ2) is 19.4. The van der Waals surface area contributed by atoms with Crippen molar-refractivity contribution < 1.29 is 24.5 Å². The molecule has 0 saturated carbocycles. The predicted octanol–water partition coefficient (Wildman–Crippen LogP) is 7.58. The summed E-state index contributed by atoms with van der Waals surface area (Å²) in [5.41, 5.74) is 2.74. The number of rotatable bonds is 22. The number of carboxylic acid groups (broad SMARTS) is 2. The highest BCUT2D eigenvalue weighted by Gasteiger charge is 2.10. The van der Waals surface area contributed by atoms with Crippen molar-refractivity contribution in [3.05, 3.63) is 29.3 Å². The molecule has 188 valence electrons. The summed E-state index contributed by atoms with van der Waals surface area (Å²) < 4.78 is 6.21. The molecule has 33 heavy (non-hydrogen) atoms. The van der Waals surface area contributed by atoms with E-state index in [0.717, 1.165) is 95.8 Å². The molecule has 2 N–H and O–H groups in total. The van der Waals surface area contributed by atoms with E-state index in [1.54, 1.807) is 0 Å². The predicted molar refractivity (Wildman–Crippen MR) is 134 cm³/mol. The molecule has 0 aliphatic heterocycles. The first-order chi connectivity index (χ1) is 16.0. The van der Waals surface area contributed by atoms with Crippen LogP contribution in [0.3, 0.4) is 0 Å². The number of benzene rings is 1. The first-order valence-corrected chi connectivity index (χ1v) is 13.2. The molecule has 0 saturated heterocycles. The lowest BCUT2D eigenvalue weighted by molar-refractivity contribution is -0.138. The maximum Gasteiger partial charge on any atom is 0.303 e. The minimum absolute atomic E-state index is 0.273. The quantitative estimate of drug-likeness (QED) is 0.173. The van der Waals surface area contributed by atoms with Gasteiger partial charge in [-0.15, -0.1) is 0 Å². The molecule has 1 aromatic rings. The normalized spacial score (nSPS) is 10.9. The zero-order valence-electron chi connectivity index (χ0n) is 20.8. The van der Waals surface area contributed by atoms with Crippen molar-refractivity contribution in [2.45, 2.75) is 122 Å². The van der Waals surface area contributed by atoms with Gasteiger partial charge in [0, 0.05) is 12.8 Å². The molecule has 0 heterocycles. The lowest BCUT2D eigenvalue weighted by Gasteiger charge is -2.16. The Morgan fingerprint density at radius 2 is 1.24 bits per heavy atom. The van der Waals surface area contributed by atoms with E-state index in [-0.39, 0.29) is 12.8 Å². The fraction of sp³-hybridized carbons (Fsp3) is 0.714. The van der Waals surface area contributed by atoms with Crippen molar-refractivity contribution in [3.63, 3.8) is 0 Å². The molecule has 0 spiro atoms. The summed E-state index contributed by atoms with van der Waals surface area (Å²) in [7, 11) is 0. The van der Waals surface area contributed by atoms with Crippen molar-refractivity contribution in [3.8, 4) is 5.75 Å². The van der Waals surface area contributed by atoms with Crippen LogP contribution in [0.1, 0.15) is 121 Å². The van der Waals surface area contributed by atoms with Gasteiger partial charge in [0.15, 0.2) is 0 Å². The van der Waals surface area contributed by atoms with E-state index in [4.69, 9.17) is 14.9 Å². The third-order valence-electron chi connectivity index (χ3n) is 6.14. The van der Waals surface area contributed by atoms with Gasteiger partial charge in [-0.05, 0) is 62.1 Å². The molecule has 1 aromatic carbocycles. The third-order valence-corrected chi connectivity index (χ3v) is 6.14. The van der Waals surface area contributed by atoms with Gasteiger partial charge in [0.25, 0.3) is 0 Å². The maximum atomic E-state index is 10.6. The van der Waals surface area contributed by atoms with E-state index < -0.39 is 11.9 Å². The van der Waals surface area contributed by atoms with Crippen LogP contribution in [-0.2, 0) is 22.4 Å². The molecule has 0 amide bonds. The molecule has 0 aliphatic rings. The molecule has 0 atom stereocenters. The molecule has 0 unspecified atom stereocenters. The van der Waals surface area contributed by atoms with E-state index in [1.165, 1.54) is 30.4 Å². The largest absolute Gasteiger partial charge is 0.493 e. The average molecular weight is 463 g/mol. The molecule has 0 radical (unpaired) electrons. The average Bonchev–Trinajstić information content (AvgIpc) is 2.78. The monoisotopic (exact) mass is 462 g/mol. The van der Waals surface area contributed by atoms with Gasteiger partial charge in [-0.25, -0.2) is 0 Å². The Labute approximate surface area is 200 Å². The number of hydrogen-bond acceptors (Lipinski definition) is 3. The SMILES string of the molecule is CCCCCCOc1cccc(CCCCCCCC(=O)O)c1CCCCCCCC(=O)O. The van der Waals surface area contributed by atoms with Gasteiger partial charge in [-0.3, -0.25) is 9.59 Å². The number of carbonyl (C=O) groups is 2. The van der Waals surface area contributed by atoms with Gasteiger partial charge in [-0.1, -0.05) is 76.8 Å². The van der Waals surface area contributed by atoms with Crippen molar-refractivity contribution in [2.75, 3.05) is 6.61 Å². The first-order valence-electron chi connectivity index (χ1n) is 13.2. The lowest BCUT2D eigenvalue weighted by atomic mass is 9.95. The number of unbranched alkanes of at least 4 members (excludes halogenated alkanes) is 11. The Morgan fingerprint density at radius 3 is 1.85 bits per heavy atom. The topological polar surface area (TPSA) is 83.8 Å². The summed E-state index contributed by atoms with van der Waals surface area (Å²) in [6, 6.07) is 6.45. The molecule has 0 fully saturated rings. The molecular formula is C28H46O5. The highest BCUT2D eigenvalue weighted by Crippen LogP contribution is 2.27. The van der Waals surface area contributed by atoms with Crippen LogP contribution in [0, 0.1) is 0 Å². The van der Waals surface area contributed by atoms with E-state index in [1.807, 2.05) is 0 Å². The number of aliphatic carboxylic acids is 2. The third kappa shape index (κ3) is 15.4. The molecule has 0 aromatic heterocycles. The summed E-state index contributed by atoms with van der Waals surface area (Å²) in [4.78, 5) is 21.3. The summed E-state index contributed by atoms with van der Waals surface area (Å²) in [6.45, 7) is 2.99. The Kier molecular flexibility index (Phi) is 17.1. The Morgan fingerprint density at radius 1 is 0.697 bits per heavy atom. The standard InChI is InChI=1S/C28H46O5/c1-2-3-4-15-23-33-26-20-16-18-24(17-11-7-5-9-13-21-27(29)30)25(26)19-12-8-6-10-14-22-28(31)32/h16,18,20H,2-15,17,19,21-23H2,1H3,(H,29,30)(H,31,32). The fourth-order valence-corrected chi connectivity index (χ4v) is 4.21. The van der Waals surface area contributed by atoms with Gasteiger partial charge in [0.2, 0.25) is 0 Å². The minimum atomic E-state index is -0.702. The maximum absolute atomic E-state index is 10.6. The van der Waals surface area contributed by atoms with Crippen molar-refractivity contribution in [1.82, 2.24) is 0 Å². The summed E-state index contributed by atoms with van der Waals surface area (Å²) in [5, 5.41) is 17.5. The fourth-order valence-electron chi connectivity index (χ4n) is 4.21. The zero-order valence-corrected chi connectivity index (χ0v) is 20.8. The van der Waals surface area contributed by atoms with E-state index >= 15 is 0 Å². The van der Waals surface area contributed by atoms with Crippen molar-refractivity contribution in [2.24, 2.45) is 0 Å². The second-order valence-corrected chi connectivity index (χ2v) is 9.13. The van der Waals surface area contributed by atoms with E-state index in [2.05, 4.69) is 25.1 Å². The second-order valence-electron chi connectivity index (χ2n) is 9.13. The molecule has 5 heteroatoms. The molecule has 0 aliphatic carbocycles. The van der Waals surface area contributed by atoms with Crippen molar-refractivity contribution in [1.29, 1.82) is 0 Å². The molecular weight excluding hydrogens is 416 g/mol. The number of aryl methyl sites for hydroxylation is 1. The summed E-state index contributed by atoms with van der Waals surface area (Å²) in [5.74, 6) is -0.365. The van der Waals surface area contributed by atoms with Gasteiger partial charge in [0.1, 0.15) is 5.75 Å². The smallest absolute Gasteiger partial charge is 0.303 e. The number of hydrogen-bond donors (Lipinski definition) is 2. The Bertz CT molecular complexity index is 656. The highest BCUT2D eigenvalue weighted by molar-refractivity contribution is 5.66. The van der Waals surface area contributed by atoms with E-state index in [0.29, 0.717) is 0 Å².